The first kappa shape index (κ1) is 23.8. The Kier molecular flexibility index (Phi) is 8.67. The van der Waals surface area contributed by atoms with Crippen LogP contribution in [0, 0.1) is 5.82 Å². The zero-order chi connectivity index (χ0) is 22.9. The average molecular weight is 459 g/mol. The first-order valence-corrected chi connectivity index (χ1v) is 11.8. The number of imide groups is 1. The maximum Gasteiger partial charge on any atom is 0.247 e. The molecular formula is C24H27FN2O4S. The number of anilines is 2. The van der Waals surface area contributed by atoms with Crippen LogP contribution in [0.15, 0.2) is 48.5 Å². The number of nitrogens with one attached hydrogen (secondary N) is 1. The number of thioether (sulfide) groups is 1. The van der Waals surface area contributed by atoms with Crippen molar-refractivity contribution in [3.63, 3.8) is 0 Å². The fraction of sp³-hybridized carbons (Fsp3) is 0.375. The van der Waals surface area contributed by atoms with Crippen LogP contribution in [0.25, 0.3) is 0 Å². The van der Waals surface area contributed by atoms with Crippen LogP contribution in [0.5, 0.6) is 5.75 Å². The van der Waals surface area contributed by atoms with Gasteiger partial charge in [0.05, 0.1) is 23.3 Å². The second-order valence-corrected chi connectivity index (χ2v) is 8.72. The molecular weight excluding hydrogens is 431 g/mol. The molecule has 1 atom stereocenters. The number of hydrogen-bond donors (Lipinski definition) is 1. The molecule has 0 radical (unpaired) electrons. The summed E-state index contributed by atoms with van der Waals surface area (Å²) in [6.07, 6.45) is 4.53. The molecule has 0 aliphatic carbocycles. The number of unbranched alkanes of at least 4 members (excludes halogenated alkanes) is 3. The Morgan fingerprint density at radius 2 is 1.81 bits per heavy atom. The number of benzene rings is 2. The van der Waals surface area contributed by atoms with E-state index in [-0.39, 0.29) is 35.7 Å². The quantitative estimate of drug-likeness (QED) is 0.387. The molecule has 0 unspecified atom stereocenters. The fourth-order valence-corrected chi connectivity index (χ4v) is 4.26. The Bertz CT molecular complexity index is 934. The Morgan fingerprint density at radius 1 is 1.09 bits per heavy atom. The smallest absolute Gasteiger partial charge is 0.247 e. The van der Waals surface area contributed by atoms with E-state index < -0.39 is 5.25 Å². The SMILES string of the molecule is CCCCCCOc1ccc(N2C(=O)C[C@@H](SCC(=O)Nc3ccc(F)cc3)C2=O)cc1. The molecule has 1 fully saturated rings. The lowest BCUT2D eigenvalue weighted by Gasteiger charge is -2.15. The minimum Gasteiger partial charge on any atom is -0.494 e. The number of amides is 3. The van der Waals surface area contributed by atoms with Crippen LogP contribution in [-0.4, -0.2) is 35.3 Å². The number of nitrogens with zero attached hydrogens (tertiary/aromatic N) is 1. The summed E-state index contributed by atoms with van der Waals surface area (Å²) in [4.78, 5) is 38.5. The van der Waals surface area contributed by atoms with Gasteiger partial charge in [0.15, 0.2) is 0 Å². The zero-order valence-corrected chi connectivity index (χ0v) is 18.8. The molecule has 2 aromatic rings. The number of rotatable bonds is 11. The van der Waals surface area contributed by atoms with Crippen molar-refractivity contribution < 1.29 is 23.5 Å². The van der Waals surface area contributed by atoms with Crippen LogP contribution in [0.1, 0.15) is 39.0 Å². The highest BCUT2D eigenvalue weighted by molar-refractivity contribution is 8.01. The van der Waals surface area contributed by atoms with Crippen LogP contribution in [0.3, 0.4) is 0 Å². The van der Waals surface area contributed by atoms with E-state index in [9.17, 15) is 18.8 Å². The van der Waals surface area contributed by atoms with E-state index in [1.165, 1.54) is 42.0 Å². The van der Waals surface area contributed by atoms with Crippen molar-refractivity contribution in [1.29, 1.82) is 0 Å². The molecule has 1 heterocycles. The van der Waals surface area contributed by atoms with E-state index >= 15 is 0 Å². The van der Waals surface area contributed by atoms with E-state index in [0.717, 1.165) is 24.6 Å². The summed E-state index contributed by atoms with van der Waals surface area (Å²) in [6, 6.07) is 12.3. The summed E-state index contributed by atoms with van der Waals surface area (Å²) in [6.45, 7) is 2.80. The van der Waals surface area contributed by atoms with Crippen LogP contribution >= 0.6 is 11.8 Å². The molecule has 3 amide bonds. The lowest BCUT2D eigenvalue weighted by Crippen LogP contribution is -2.31. The Morgan fingerprint density at radius 3 is 2.50 bits per heavy atom. The molecule has 1 saturated heterocycles. The van der Waals surface area contributed by atoms with Gasteiger partial charge in [0.1, 0.15) is 11.6 Å². The summed E-state index contributed by atoms with van der Waals surface area (Å²) in [7, 11) is 0. The maximum absolute atomic E-state index is 13.0. The molecule has 3 rings (SSSR count). The van der Waals surface area contributed by atoms with Crippen molar-refractivity contribution in [1.82, 2.24) is 0 Å². The minimum absolute atomic E-state index is 0.0136. The Hall–Kier alpha value is -2.87. The molecule has 0 bridgehead atoms. The number of halogens is 1. The predicted molar refractivity (Wildman–Crippen MR) is 124 cm³/mol. The molecule has 32 heavy (non-hydrogen) atoms. The topological polar surface area (TPSA) is 75.7 Å². The van der Waals surface area contributed by atoms with Gasteiger partial charge in [-0.25, -0.2) is 9.29 Å². The minimum atomic E-state index is -0.615. The highest BCUT2D eigenvalue weighted by atomic mass is 32.2. The van der Waals surface area contributed by atoms with Crippen LogP contribution < -0.4 is 15.0 Å². The zero-order valence-electron chi connectivity index (χ0n) is 18.0. The van der Waals surface area contributed by atoms with Crippen molar-refractivity contribution in [2.24, 2.45) is 0 Å². The number of ether oxygens (including phenoxy) is 1. The third kappa shape index (κ3) is 6.56. The number of hydrogen-bond acceptors (Lipinski definition) is 5. The van der Waals surface area contributed by atoms with Gasteiger partial charge < -0.3 is 10.1 Å². The standard InChI is InChI=1S/C24H27FN2O4S/c1-2-3-4-5-14-31-20-12-10-19(11-13-20)27-23(29)15-21(24(27)30)32-16-22(28)26-18-8-6-17(25)7-9-18/h6-13,21H,2-5,14-16H2,1H3,(H,26,28)/t21-/m1/s1. The van der Waals surface area contributed by atoms with Crippen molar-refractivity contribution in [2.75, 3.05) is 22.6 Å². The van der Waals surface area contributed by atoms with Crippen molar-refractivity contribution in [3.8, 4) is 5.75 Å². The Balaban J connectivity index is 1.49. The van der Waals surface area contributed by atoms with E-state index in [0.29, 0.717) is 23.7 Å². The lowest BCUT2D eigenvalue weighted by atomic mass is 10.2. The van der Waals surface area contributed by atoms with Gasteiger partial charge in [0.2, 0.25) is 17.7 Å². The maximum atomic E-state index is 13.0. The van der Waals surface area contributed by atoms with Gasteiger partial charge in [-0.3, -0.25) is 14.4 Å². The molecule has 2 aromatic carbocycles. The van der Waals surface area contributed by atoms with Gasteiger partial charge in [-0.2, -0.15) is 0 Å². The highest BCUT2D eigenvalue weighted by Crippen LogP contribution is 2.30. The van der Waals surface area contributed by atoms with Crippen molar-refractivity contribution in [2.45, 2.75) is 44.3 Å². The van der Waals surface area contributed by atoms with E-state index in [1.54, 1.807) is 24.3 Å². The van der Waals surface area contributed by atoms with Gasteiger partial charge in [-0.05, 0) is 55.0 Å². The van der Waals surface area contributed by atoms with E-state index in [4.69, 9.17) is 4.74 Å². The van der Waals surface area contributed by atoms with Crippen molar-refractivity contribution in [3.05, 3.63) is 54.3 Å². The molecule has 1 aliphatic heterocycles. The fourth-order valence-electron chi connectivity index (χ4n) is 3.32. The van der Waals surface area contributed by atoms with Gasteiger partial charge in [-0.15, -0.1) is 11.8 Å². The van der Waals surface area contributed by atoms with Crippen LogP contribution in [0.2, 0.25) is 0 Å². The summed E-state index contributed by atoms with van der Waals surface area (Å²) in [5.74, 6) is -0.616. The molecule has 1 aliphatic rings. The van der Waals surface area contributed by atoms with E-state index in [2.05, 4.69) is 12.2 Å². The normalized spacial score (nSPS) is 15.8. The molecule has 0 aromatic heterocycles. The largest absolute Gasteiger partial charge is 0.494 e. The Labute approximate surface area is 191 Å². The second-order valence-electron chi connectivity index (χ2n) is 7.53. The number of carbonyl (C=O) groups excluding carboxylic acids is 3. The van der Waals surface area contributed by atoms with E-state index in [1.807, 2.05) is 0 Å². The van der Waals surface area contributed by atoms with Gasteiger partial charge in [0.25, 0.3) is 0 Å². The van der Waals surface area contributed by atoms with Crippen molar-refractivity contribution >= 4 is 40.9 Å². The summed E-state index contributed by atoms with van der Waals surface area (Å²) in [5, 5.41) is 2.03. The highest BCUT2D eigenvalue weighted by Gasteiger charge is 2.40. The molecule has 1 N–H and O–H groups in total. The first-order chi connectivity index (χ1) is 15.5. The summed E-state index contributed by atoms with van der Waals surface area (Å²) in [5.41, 5.74) is 0.970. The molecule has 170 valence electrons. The van der Waals surface area contributed by atoms with Crippen LogP contribution in [0.4, 0.5) is 15.8 Å². The number of carbonyl (C=O) groups is 3. The second kappa shape index (κ2) is 11.7. The predicted octanol–water partition coefficient (Wildman–Crippen LogP) is 4.79. The molecule has 0 saturated carbocycles. The van der Waals surface area contributed by atoms with Crippen LogP contribution in [-0.2, 0) is 14.4 Å². The van der Waals surface area contributed by atoms with Gasteiger partial charge in [0, 0.05) is 12.1 Å². The summed E-state index contributed by atoms with van der Waals surface area (Å²) >= 11 is 1.12. The molecule has 6 nitrogen and oxygen atoms in total. The molecule has 0 spiro atoms. The first-order valence-electron chi connectivity index (χ1n) is 10.7. The average Bonchev–Trinajstić information content (AvgIpc) is 3.07. The summed E-state index contributed by atoms with van der Waals surface area (Å²) < 4.78 is 18.7. The monoisotopic (exact) mass is 458 g/mol. The van der Waals surface area contributed by atoms with Gasteiger partial charge >= 0.3 is 0 Å². The van der Waals surface area contributed by atoms with Gasteiger partial charge in [-0.1, -0.05) is 26.2 Å². The third-order valence-electron chi connectivity index (χ3n) is 5.01. The molecule has 8 heteroatoms. The lowest BCUT2D eigenvalue weighted by molar-refractivity contribution is -0.121. The third-order valence-corrected chi connectivity index (χ3v) is 6.21.